The van der Waals surface area contributed by atoms with E-state index in [1.807, 2.05) is 0 Å². The van der Waals surface area contributed by atoms with Gasteiger partial charge in [0.05, 0.1) is 4.24 Å². The third kappa shape index (κ3) is 4.81. The number of thioether (sulfide) groups is 1. The Labute approximate surface area is 112 Å². The van der Waals surface area contributed by atoms with Gasteiger partial charge in [-0.05, 0) is 6.26 Å². The maximum atomic E-state index is 8.23. The Morgan fingerprint density at radius 1 is 1.40 bits per heavy atom. The zero-order valence-corrected chi connectivity index (χ0v) is 10.6. The summed E-state index contributed by atoms with van der Waals surface area (Å²) in [7, 11) is 0. The zero-order valence-electron chi connectivity index (χ0n) is 5.75. The van der Waals surface area contributed by atoms with Crippen LogP contribution in [0.5, 0.6) is 0 Å². The Hall–Kier alpha value is 1.06. The molecule has 47 valence electrons. The van der Waals surface area contributed by atoms with E-state index in [1.54, 1.807) is 18.4 Å². The van der Waals surface area contributed by atoms with E-state index in [2.05, 4.69) is 12.6 Å². The molecule has 10 heavy (non-hydrogen) atoms. The molecule has 0 N–H and O–H groups in total. The van der Waals surface area contributed by atoms with Crippen molar-refractivity contribution in [2.24, 2.45) is 0 Å². The summed E-state index contributed by atoms with van der Waals surface area (Å²) < 4.78 is 0.472. The number of nitriles is 2. The molecule has 0 atom stereocenters. The minimum absolute atomic E-state index is 0. The van der Waals surface area contributed by atoms with Crippen LogP contribution in [0.2, 0.25) is 0 Å². The minimum Gasteiger partial charge on any atom is -0.192 e. The Kier molecular flexibility index (Phi) is 11.1. The molecule has 0 fully saturated rings. The van der Waals surface area contributed by atoms with Crippen LogP contribution < -0.4 is 0 Å². The van der Waals surface area contributed by atoms with Crippen molar-refractivity contribution in [3.8, 4) is 12.1 Å². The summed E-state index contributed by atoms with van der Waals surface area (Å²) in [6, 6.07) is 3.45. The zero-order chi connectivity index (χ0) is 7.28. The van der Waals surface area contributed by atoms with Gasteiger partial charge >= 0.3 is 0 Å². The van der Waals surface area contributed by atoms with Gasteiger partial charge in [-0.2, -0.15) is 10.5 Å². The van der Waals surface area contributed by atoms with Gasteiger partial charge in [0.25, 0.3) is 0 Å². The van der Waals surface area contributed by atoms with Crippen LogP contribution in [-0.2, 0) is 0 Å². The summed E-state index contributed by atoms with van der Waals surface area (Å²) in [6.45, 7) is 0. The molecule has 0 saturated carbocycles. The number of hydrogen-bond acceptors (Lipinski definition) is 4. The van der Waals surface area contributed by atoms with Gasteiger partial charge in [-0.1, -0.05) is 0 Å². The summed E-state index contributed by atoms with van der Waals surface area (Å²) >= 11 is 5.16. The van der Waals surface area contributed by atoms with Crippen LogP contribution in [0.3, 0.4) is 0 Å². The number of rotatable bonds is 1. The predicted octanol–water partition coefficient (Wildman–Crippen LogP) is 1.16. The van der Waals surface area contributed by atoms with Crippen LogP contribution >= 0.6 is 24.4 Å². The Morgan fingerprint density at radius 2 is 1.80 bits per heavy atom. The second-order valence-corrected chi connectivity index (χ2v) is 2.67. The van der Waals surface area contributed by atoms with E-state index in [4.69, 9.17) is 10.5 Å². The van der Waals surface area contributed by atoms with Gasteiger partial charge in [-0.25, -0.2) is 0 Å². The Bertz CT molecular complexity index is 195. The maximum Gasteiger partial charge on any atom is 0.149 e. The molecule has 0 amide bonds. The normalized spacial score (nSPS) is 6.40. The molecule has 0 bridgehead atoms. The topological polar surface area (TPSA) is 47.6 Å². The molecule has 0 unspecified atom stereocenters. The number of hydrogen-bond donors (Lipinski definition) is 1. The van der Waals surface area contributed by atoms with Crippen molar-refractivity contribution in [3.05, 3.63) is 9.81 Å². The molecule has 5 heteroatoms. The standard InChI is InChI=1S/C5H4N2S2.K/c1-9-5(8)4(2-6)3-7;/h8H,1H3;. The van der Waals surface area contributed by atoms with Crippen LogP contribution in [0.25, 0.3) is 0 Å². The van der Waals surface area contributed by atoms with Gasteiger partial charge in [0, 0.05) is 51.4 Å². The molecule has 0 heterocycles. The van der Waals surface area contributed by atoms with Crippen molar-refractivity contribution in [1.82, 2.24) is 0 Å². The van der Waals surface area contributed by atoms with Crippen molar-refractivity contribution in [1.29, 1.82) is 10.5 Å². The minimum atomic E-state index is 0. The second kappa shape index (κ2) is 8.16. The molecule has 0 aliphatic heterocycles. The molecule has 0 rings (SSSR count). The van der Waals surface area contributed by atoms with Crippen molar-refractivity contribution in [2.75, 3.05) is 6.26 Å². The predicted molar refractivity (Wildman–Crippen MR) is 46.5 cm³/mol. The van der Waals surface area contributed by atoms with Crippen molar-refractivity contribution < 1.29 is 0 Å². The molecular formula is C5H4KN2S2. The van der Waals surface area contributed by atoms with Crippen LogP contribution in [0.15, 0.2) is 9.81 Å². The van der Waals surface area contributed by atoms with Gasteiger partial charge in [-0.3, -0.25) is 0 Å². The van der Waals surface area contributed by atoms with Crippen LogP contribution in [0.4, 0.5) is 0 Å². The Balaban J connectivity index is 0. The van der Waals surface area contributed by atoms with Crippen LogP contribution in [0.1, 0.15) is 0 Å². The van der Waals surface area contributed by atoms with E-state index >= 15 is 0 Å². The Morgan fingerprint density at radius 3 is 1.90 bits per heavy atom. The van der Waals surface area contributed by atoms with E-state index in [0.29, 0.717) is 4.24 Å². The van der Waals surface area contributed by atoms with Crippen molar-refractivity contribution >= 4 is 75.8 Å². The van der Waals surface area contributed by atoms with E-state index in [-0.39, 0.29) is 57.0 Å². The van der Waals surface area contributed by atoms with E-state index in [1.165, 1.54) is 11.8 Å². The van der Waals surface area contributed by atoms with Gasteiger partial charge in [0.1, 0.15) is 17.7 Å². The molecule has 2 nitrogen and oxygen atoms in total. The first-order chi connectivity index (χ1) is 4.26. The van der Waals surface area contributed by atoms with Crippen molar-refractivity contribution in [2.45, 2.75) is 0 Å². The maximum absolute atomic E-state index is 8.23. The summed E-state index contributed by atoms with van der Waals surface area (Å²) in [4.78, 5) is 0. The summed E-state index contributed by atoms with van der Waals surface area (Å²) in [5.74, 6) is 0. The van der Waals surface area contributed by atoms with Gasteiger partial charge in [-0.15, -0.1) is 24.4 Å². The molecule has 0 aromatic carbocycles. The molecule has 1 radical (unpaired) electrons. The molecule has 0 aromatic rings. The molecule has 0 saturated heterocycles. The fourth-order valence-corrected chi connectivity index (χ4v) is 0.618. The average molecular weight is 195 g/mol. The van der Waals surface area contributed by atoms with E-state index < -0.39 is 0 Å². The molecule has 0 aliphatic carbocycles. The molecular weight excluding hydrogens is 191 g/mol. The van der Waals surface area contributed by atoms with Crippen molar-refractivity contribution in [3.63, 3.8) is 0 Å². The molecule has 0 aliphatic rings. The number of allylic oxidation sites excluding steroid dienone is 1. The second-order valence-electron chi connectivity index (χ2n) is 1.11. The molecule has 0 spiro atoms. The third-order valence-corrected chi connectivity index (χ3v) is 1.99. The summed E-state index contributed by atoms with van der Waals surface area (Å²) in [5, 5.41) is 16.5. The largest absolute Gasteiger partial charge is 0.192 e. The van der Waals surface area contributed by atoms with E-state index in [0.717, 1.165) is 0 Å². The van der Waals surface area contributed by atoms with Gasteiger partial charge in [0.2, 0.25) is 0 Å². The number of nitrogens with zero attached hydrogens (tertiary/aromatic N) is 2. The van der Waals surface area contributed by atoms with E-state index in [9.17, 15) is 0 Å². The monoisotopic (exact) mass is 195 g/mol. The quantitative estimate of drug-likeness (QED) is 0.388. The van der Waals surface area contributed by atoms with Gasteiger partial charge < -0.3 is 0 Å². The first-order valence-corrected chi connectivity index (χ1v) is 3.71. The number of thiol groups is 1. The average Bonchev–Trinajstić information content (AvgIpc) is 1.90. The fourth-order valence-electron chi connectivity index (χ4n) is 0.223. The van der Waals surface area contributed by atoms with Crippen LogP contribution in [-0.4, -0.2) is 57.6 Å². The SMILES string of the molecule is CSC(S)=C(C#N)C#N.[K]. The summed E-state index contributed by atoms with van der Waals surface area (Å²) in [6.07, 6.45) is 1.76. The third-order valence-electron chi connectivity index (χ3n) is 0.631. The smallest absolute Gasteiger partial charge is 0.149 e. The van der Waals surface area contributed by atoms with Gasteiger partial charge in [0.15, 0.2) is 0 Å². The van der Waals surface area contributed by atoms with Crippen LogP contribution in [0, 0.1) is 22.7 Å². The fraction of sp³-hybridized carbons (Fsp3) is 0.200. The molecule has 0 aromatic heterocycles. The first-order valence-electron chi connectivity index (χ1n) is 2.03. The first kappa shape index (κ1) is 13.6. The summed E-state index contributed by atoms with van der Waals surface area (Å²) in [5.41, 5.74) is 0.0748.